The van der Waals surface area contributed by atoms with Crippen LogP contribution in [0.5, 0.6) is 5.75 Å². The van der Waals surface area contributed by atoms with Gasteiger partial charge in [0.2, 0.25) is 0 Å². The Bertz CT molecular complexity index is 627. The van der Waals surface area contributed by atoms with E-state index in [1.165, 1.54) is 12.0 Å². The number of unbranched alkanes of at least 4 members (excludes halogenated alkanes) is 1. The van der Waals surface area contributed by atoms with Gasteiger partial charge in [-0.15, -0.1) is 0 Å². The van der Waals surface area contributed by atoms with E-state index < -0.39 is 0 Å². The van der Waals surface area contributed by atoms with Crippen molar-refractivity contribution in [2.45, 2.75) is 39.3 Å². The van der Waals surface area contributed by atoms with Gasteiger partial charge in [-0.1, -0.05) is 54.7 Å². The second-order valence-corrected chi connectivity index (χ2v) is 6.94. The smallest absolute Gasteiger partial charge is 0.119 e. The molecule has 0 unspecified atom stereocenters. The lowest BCUT2D eigenvalue weighted by molar-refractivity contribution is 0.129. The topological polar surface area (TPSA) is 30.5 Å². The van der Waals surface area contributed by atoms with Gasteiger partial charge < -0.3 is 14.8 Å². The largest absolute Gasteiger partial charge is 0.489 e. The molecule has 0 radical (unpaired) electrons. The van der Waals surface area contributed by atoms with Crippen molar-refractivity contribution in [3.63, 3.8) is 0 Å². The van der Waals surface area contributed by atoms with Crippen molar-refractivity contribution in [2.75, 3.05) is 19.8 Å². The SMILES string of the molecule is CCCCOCCCNCc1ccc(OCc2c(Cl)cccc2Cl)cc1. The average Bonchev–Trinajstić information content (AvgIpc) is 2.64. The summed E-state index contributed by atoms with van der Waals surface area (Å²) in [5.41, 5.74) is 2.03. The Balaban J connectivity index is 1.66. The zero-order chi connectivity index (χ0) is 18.6. The zero-order valence-electron chi connectivity index (χ0n) is 15.3. The van der Waals surface area contributed by atoms with Gasteiger partial charge in [-0.2, -0.15) is 0 Å². The Morgan fingerprint density at radius 3 is 2.31 bits per heavy atom. The normalized spacial score (nSPS) is 10.9. The second-order valence-electron chi connectivity index (χ2n) is 6.13. The maximum Gasteiger partial charge on any atom is 0.119 e. The summed E-state index contributed by atoms with van der Waals surface area (Å²) >= 11 is 12.3. The number of nitrogens with one attached hydrogen (secondary N) is 1. The predicted octanol–water partition coefficient (Wildman–Crippen LogP) is 5.87. The van der Waals surface area contributed by atoms with E-state index in [0.717, 1.165) is 50.5 Å². The fraction of sp³-hybridized carbons (Fsp3) is 0.429. The molecule has 3 nitrogen and oxygen atoms in total. The van der Waals surface area contributed by atoms with Crippen molar-refractivity contribution in [3.8, 4) is 5.75 Å². The number of hydrogen-bond acceptors (Lipinski definition) is 3. The van der Waals surface area contributed by atoms with Crippen LogP contribution in [0.15, 0.2) is 42.5 Å². The first-order valence-corrected chi connectivity index (χ1v) is 9.89. The van der Waals surface area contributed by atoms with Crippen LogP contribution in [0.2, 0.25) is 10.0 Å². The van der Waals surface area contributed by atoms with Gasteiger partial charge in [0.05, 0.1) is 0 Å². The third-order valence-corrected chi connectivity index (χ3v) is 4.69. The number of halogens is 2. The molecule has 5 heteroatoms. The van der Waals surface area contributed by atoms with Gasteiger partial charge in [0.1, 0.15) is 12.4 Å². The van der Waals surface area contributed by atoms with Crippen LogP contribution in [-0.2, 0) is 17.9 Å². The molecule has 2 aromatic carbocycles. The number of benzene rings is 2. The van der Waals surface area contributed by atoms with Gasteiger partial charge in [-0.3, -0.25) is 0 Å². The van der Waals surface area contributed by atoms with Crippen LogP contribution in [-0.4, -0.2) is 19.8 Å². The summed E-state index contributed by atoms with van der Waals surface area (Å²) in [7, 11) is 0. The molecule has 0 amide bonds. The van der Waals surface area contributed by atoms with Crippen molar-refractivity contribution >= 4 is 23.2 Å². The molecule has 0 aliphatic carbocycles. The highest BCUT2D eigenvalue weighted by atomic mass is 35.5. The summed E-state index contributed by atoms with van der Waals surface area (Å²) in [6, 6.07) is 13.5. The van der Waals surface area contributed by atoms with Crippen LogP contribution in [0, 0.1) is 0 Å². The van der Waals surface area contributed by atoms with Gasteiger partial charge in [0.25, 0.3) is 0 Å². The zero-order valence-corrected chi connectivity index (χ0v) is 16.8. The van der Waals surface area contributed by atoms with Crippen molar-refractivity contribution < 1.29 is 9.47 Å². The van der Waals surface area contributed by atoms with Gasteiger partial charge in [-0.25, -0.2) is 0 Å². The second kappa shape index (κ2) is 12.2. The van der Waals surface area contributed by atoms with Crippen LogP contribution in [0.1, 0.15) is 37.3 Å². The third-order valence-electron chi connectivity index (χ3n) is 3.98. The van der Waals surface area contributed by atoms with Gasteiger partial charge >= 0.3 is 0 Å². The van der Waals surface area contributed by atoms with E-state index >= 15 is 0 Å². The van der Waals surface area contributed by atoms with Gasteiger partial charge in [0, 0.05) is 35.4 Å². The minimum atomic E-state index is 0.355. The van der Waals surface area contributed by atoms with E-state index in [4.69, 9.17) is 32.7 Å². The number of rotatable bonds is 12. The molecule has 0 heterocycles. The lowest BCUT2D eigenvalue weighted by Gasteiger charge is -2.10. The minimum absolute atomic E-state index is 0.355. The van der Waals surface area contributed by atoms with E-state index in [1.807, 2.05) is 30.3 Å². The molecule has 0 saturated carbocycles. The molecule has 0 saturated heterocycles. The molecule has 0 aliphatic rings. The molecular formula is C21H27Cl2NO2. The lowest BCUT2D eigenvalue weighted by Crippen LogP contribution is -2.16. The standard InChI is InChI=1S/C21H27Cl2NO2/c1-2-3-13-25-14-5-12-24-15-17-8-10-18(11-9-17)26-16-19-20(22)6-4-7-21(19)23/h4,6-11,24H,2-3,5,12-16H2,1H3. The Morgan fingerprint density at radius 1 is 0.923 bits per heavy atom. The first-order valence-electron chi connectivity index (χ1n) is 9.13. The third kappa shape index (κ3) is 7.55. The van der Waals surface area contributed by atoms with Crippen LogP contribution in [0.3, 0.4) is 0 Å². The molecule has 26 heavy (non-hydrogen) atoms. The molecule has 0 aliphatic heterocycles. The molecule has 142 valence electrons. The molecule has 1 N–H and O–H groups in total. The minimum Gasteiger partial charge on any atom is -0.489 e. The van der Waals surface area contributed by atoms with E-state index in [2.05, 4.69) is 24.4 Å². The first-order chi connectivity index (χ1) is 12.7. The van der Waals surface area contributed by atoms with Crippen molar-refractivity contribution in [1.82, 2.24) is 5.32 Å². The Morgan fingerprint density at radius 2 is 1.62 bits per heavy atom. The van der Waals surface area contributed by atoms with Crippen LogP contribution < -0.4 is 10.1 Å². The number of ether oxygens (including phenoxy) is 2. The Hall–Kier alpha value is -1.26. The molecule has 0 fully saturated rings. The Labute approximate surface area is 166 Å². The van der Waals surface area contributed by atoms with Gasteiger partial charge in [-0.05, 0) is 49.2 Å². The average molecular weight is 396 g/mol. The highest BCUT2D eigenvalue weighted by Gasteiger charge is 2.06. The summed E-state index contributed by atoms with van der Waals surface area (Å²) in [4.78, 5) is 0. The van der Waals surface area contributed by atoms with Crippen LogP contribution in [0.25, 0.3) is 0 Å². The maximum absolute atomic E-state index is 6.16. The summed E-state index contributed by atoms with van der Waals surface area (Å²) in [5.74, 6) is 0.800. The van der Waals surface area contributed by atoms with Crippen molar-refractivity contribution in [1.29, 1.82) is 0 Å². The van der Waals surface area contributed by atoms with Crippen molar-refractivity contribution in [3.05, 3.63) is 63.6 Å². The highest BCUT2D eigenvalue weighted by Crippen LogP contribution is 2.25. The molecule has 0 atom stereocenters. The predicted molar refractivity (Wildman–Crippen MR) is 109 cm³/mol. The Kier molecular flexibility index (Phi) is 9.86. The molecule has 2 aromatic rings. The van der Waals surface area contributed by atoms with Crippen LogP contribution in [0.4, 0.5) is 0 Å². The summed E-state index contributed by atoms with van der Waals surface area (Å²) in [5, 5.41) is 4.67. The molecule has 0 bridgehead atoms. The highest BCUT2D eigenvalue weighted by molar-refractivity contribution is 6.35. The summed E-state index contributed by atoms with van der Waals surface area (Å²) in [6.07, 6.45) is 3.36. The lowest BCUT2D eigenvalue weighted by atomic mass is 10.2. The molecule has 2 rings (SSSR count). The fourth-order valence-electron chi connectivity index (χ4n) is 2.41. The van der Waals surface area contributed by atoms with E-state index in [9.17, 15) is 0 Å². The molecular weight excluding hydrogens is 369 g/mol. The van der Waals surface area contributed by atoms with Gasteiger partial charge in [0.15, 0.2) is 0 Å². The number of hydrogen-bond donors (Lipinski definition) is 1. The summed E-state index contributed by atoms with van der Waals surface area (Å²) in [6.45, 7) is 6.02. The molecule has 0 spiro atoms. The van der Waals surface area contributed by atoms with Crippen LogP contribution >= 0.6 is 23.2 Å². The van der Waals surface area contributed by atoms with E-state index in [1.54, 1.807) is 0 Å². The molecule has 0 aromatic heterocycles. The quantitative estimate of drug-likeness (QED) is 0.455. The monoisotopic (exact) mass is 395 g/mol. The maximum atomic E-state index is 6.16. The fourth-order valence-corrected chi connectivity index (χ4v) is 2.92. The first kappa shape index (κ1) is 21.0. The van der Waals surface area contributed by atoms with E-state index in [-0.39, 0.29) is 0 Å². The summed E-state index contributed by atoms with van der Waals surface area (Å²) < 4.78 is 11.3. The van der Waals surface area contributed by atoms with E-state index in [0.29, 0.717) is 16.7 Å². The van der Waals surface area contributed by atoms with Crippen molar-refractivity contribution in [2.24, 2.45) is 0 Å².